The Morgan fingerprint density at radius 1 is 0.923 bits per heavy atom. The quantitative estimate of drug-likeness (QED) is 0.646. The highest BCUT2D eigenvalue weighted by Crippen LogP contribution is 2.30. The zero-order chi connectivity index (χ0) is 18.6. The molecule has 0 aliphatic rings. The molecule has 0 radical (unpaired) electrons. The summed E-state index contributed by atoms with van der Waals surface area (Å²) in [6.45, 7) is 9.42. The van der Waals surface area contributed by atoms with Gasteiger partial charge in [0.1, 0.15) is 5.82 Å². The Balaban J connectivity index is 1.73. The molecular weight excluding hydrogens is 320 g/mol. The average molecular weight is 346 g/mol. The molecule has 0 saturated carbocycles. The van der Waals surface area contributed by atoms with E-state index in [2.05, 4.69) is 90.8 Å². The summed E-state index contributed by atoms with van der Waals surface area (Å²) in [5.74, 6) is 1.40. The van der Waals surface area contributed by atoms with E-state index in [1.807, 2.05) is 12.1 Å². The second-order valence-electron chi connectivity index (χ2n) is 7.53. The Morgan fingerprint density at radius 3 is 2.38 bits per heavy atom. The topological polar surface area (TPSA) is 49.8 Å². The van der Waals surface area contributed by atoms with Gasteiger partial charge in [-0.3, -0.25) is 0 Å². The minimum absolute atomic E-state index is 0.0587. The van der Waals surface area contributed by atoms with E-state index in [9.17, 15) is 0 Å². The highest BCUT2D eigenvalue weighted by atomic mass is 15.1. The van der Waals surface area contributed by atoms with Crippen LogP contribution in [0.2, 0.25) is 0 Å². The minimum atomic E-state index is 0.0587. The van der Waals surface area contributed by atoms with E-state index in [1.165, 1.54) is 16.7 Å². The average Bonchev–Trinajstić information content (AvgIpc) is 2.61. The van der Waals surface area contributed by atoms with Gasteiger partial charge >= 0.3 is 0 Å². The molecule has 2 aromatic carbocycles. The van der Waals surface area contributed by atoms with E-state index >= 15 is 0 Å². The highest BCUT2D eigenvalue weighted by Gasteiger charge is 2.17. The van der Waals surface area contributed by atoms with Crippen molar-refractivity contribution in [1.82, 2.24) is 9.97 Å². The molecule has 0 unspecified atom stereocenters. The van der Waals surface area contributed by atoms with Crippen molar-refractivity contribution < 1.29 is 0 Å². The maximum atomic E-state index is 4.59. The summed E-state index contributed by atoms with van der Waals surface area (Å²) in [5.41, 5.74) is 4.85. The lowest BCUT2D eigenvalue weighted by molar-refractivity contribution is 0.592. The molecule has 2 N–H and O–H groups in total. The van der Waals surface area contributed by atoms with Gasteiger partial charge in [-0.2, -0.15) is 4.98 Å². The molecule has 4 nitrogen and oxygen atoms in total. The predicted octanol–water partition coefficient (Wildman–Crippen LogP) is 5.44. The van der Waals surface area contributed by atoms with E-state index in [-0.39, 0.29) is 5.41 Å². The van der Waals surface area contributed by atoms with Gasteiger partial charge in [-0.1, -0.05) is 68.8 Å². The molecule has 26 heavy (non-hydrogen) atoms. The number of hydrogen-bond acceptors (Lipinski definition) is 4. The Morgan fingerprint density at radius 2 is 1.65 bits per heavy atom. The summed E-state index contributed by atoms with van der Waals surface area (Å²) >= 11 is 0. The van der Waals surface area contributed by atoms with E-state index in [0.29, 0.717) is 12.5 Å². The summed E-state index contributed by atoms with van der Waals surface area (Å²) < 4.78 is 0. The summed E-state index contributed by atoms with van der Waals surface area (Å²) in [6.07, 6.45) is 1.77. The predicted molar refractivity (Wildman–Crippen MR) is 109 cm³/mol. The van der Waals surface area contributed by atoms with Crippen LogP contribution in [0.5, 0.6) is 0 Å². The van der Waals surface area contributed by atoms with Crippen molar-refractivity contribution in [1.29, 1.82) is 0 Å². The molecule has 3 aromatic rings. The lowest BCUT2D eigenvalue weighted by atomic mass is 9.86. The third-order valence-corrected chi connectivity index (χ3v) is 4.22. The van der Waals surface area contributed by atoms with Crippen LogP contribution in [0, 0.1) is 6.92 Å². The van der Waals surface area contributed by atoms with Crippen LogP contribution in [0.4, 0.5) is 17.5 Å². The van der Waals surface area contributed by atoms with Crippen molar-refractivity contribution in [2.24, 2.45) is 0 Å². The number of hydrogen-bond donors (Lipinski definition) is 2. The van der Waals surface area contributed by atoms with Crippen molar-refractivity contribution >= 4 is 17.5 Å². The molecule has 0 amide bonds. The fourth-order valence-electron chi connectivity index (χ4n) is 2.78. The molecule has 1 aromatic heterocycles. The number of nitrogens with one attached hydrogen (secondary N) is 2. The minimum Gasteiger partial charge on any atom is -0.350 e. The molecule has 0 spiro atoms. The number of benzene rings is 2. The summed E-state index contributed by atoms with van der Waals surface area (Å²) in [5, 5.41) is 6.72. The van der Waals surface area contributed by atoms with Gasteiger partial charge in [-0.25, -0.2) is 4.98 Å². The first-order valence-corrected chi connectivity index (χ1v) is 8.91. The number of anilines is 3. The van der Waals surface area contributed by atoms with E-state index in [1.54, 1.807) is 6.20 Å². The van der Waals surface area contributed by atoms with E-state index < -0.39 is 0 Å². The van der Waals surface area contributed by atoms with Gasteiger partial charge in [-0.15, -0.1) is 0 Å². The van der Waals surface area contributed by atoms with Crippen molar-refractivity contribution in [3.8, 4) is 0 Å². The maximum absolute atomic E-state index is 4.59. The molecule has 0 saturated heterocycles. The Kier molecular flexibility index (Phi) is 5.21. The SMILES string of the molecule is Cc1ccc(CNc2nccc(Nc3ccccc3C(C)(C)C)n2)cc1. The van der Waals surface area contributed by atoms with Gasteiger partial charge in [0.25, 0.3) is 0 Å². The van der Waals surface area contributed by atoms with Gasteiger partial charge in [0, 0.05) is 18.4 Å². The number of para-hydroxylation sites is 1. The van der Waals surface area contributed by atoms with Gasteiger partial charge in [0.2, 0.25) is 5.95 Å². The lowest BCUT2D eigenvalue weighted by Gasteiger charge is -2.23. The molecule has 0 aliphatic carbocycles. The Bertz CT molecular complexity index is 864. The number of nitrogens with zero attached hydrogens (tertiary/aromatic N) is 2. The van der Waals surface area contributed by atoms with Crippen LogP contribution >= 0.6 is 0 Å². The second kappa shape index (κ2) is 7.56. The van der Waals surface area contributed by atoms with Crippen LogP contribution in [0.1, 0.15) is 37.5 Å². The van der Waals surface area contributed by atoms with Gasteiger partial charge in [0.15, 0.2) is 0 Å². The molecule has 0 atom stereocenters. The fraction of sp³-hybridized carbons (Fsp3) is 0.273. The van der Waals surface area contributed by atoms with E-state index in [0.717, 1.165) is 11.5 Å². The molecule has 0 fully saturated rings. The molecule has 3 rings (SSSR count). The van der Waals surface area contributed by atoms with Gasteiger partial charge in [-0.05, 0) is 35.6 Å². The van der Waals surface area contributed by atoms with Crippen molar-refractivity contribution in [3.63, 3.8) is 0 Å². The largest absolute Gasteiger partial charge is 0.350 e. The number of aromatic nitrogens is 2. The third-order valence-electron chi connectivity index (χ3n) is 4.22. The zero-order valence-corrected chi connectivity index (χ0v) is 15.9. The molecule has 0 aliphatic heterocycles. The monoisotopic (exact) mass is 346 g/mol. The molecular formula is C22H26N4. The van der Waals surface area contributed by atoms with Crippen LogP contribution in [0.15, 0.2) is 60.8 Å². The first-order valence-electron chi connectivity index (χ1n) is 8.91. The Hall–Kier alpha value is -2.88. The van der Waals surface area contributed by atoms with Crippen LogP contribution in [0.3, 0.4) is 0 Å². The van der Waals surface area contributed by atoms with Crippen LogP contribution in [0.25, 0.3) is 0 Å². The molecule has 4 heteroatoms. The number of rotatable bonds is 5. The van der Waals surface area contributed by atoms with Crippen LogP contribution in [-0.4, -0.2) is 9.97 Å². The summed E-state index contributed by atoms with van der Waals surface area (Å²) in [7, 11) is 0. The normalized spacial score (nSPS) is 11.2. The van der Waals surface area contributed by atoms with Crippen LogP contribution < -0.4 is 10.6 Å². The van der Waals surface area contributed by atoms with Gasteiger partial charge in [0.05, 0.1) is 0 Å². The van der Waals surface area contributed by atoms with E-state index in [4.69, 9.17) is 0 Å². The smallest absolute Gasteiger partial charge is 0.224 e. The molecule has 134 valence electrons. The van der Waals surface area contributed by atoms with Crippen LogP contribution in [-0.2, 0) is 12.0 Å². The second-order valence-corrected chi connectivity index (χ2v) is 7.53. The summed E-state index contributed by atoms with van der Waals surface area (Å²) in [4.78, 5) is 8.91. The maximum Gasteiger partial charge on any atom is 0.224 e. The first kappa shape index (κ1) is 17.9. The molecule has 1 heterocycles. The third kappa shape index (κ3) is 4.60. The molecule has 0 bridgehead atoms. The summed E-state index contributed by atoms with van der Waals surface area (Å²) in [6, 6.07) is 18.7. The number of aryl methyl sites for hydroxylation is 1. The van der Waals surface area contributed by atoms with Gasteiger partial charge < -0.3 is 10.6 Å². The standard InChI is InChI=1S/C22H26N4/c1-16-9-11-17(12-10-16)15-24-21-23-14-13-20(26-21)25-19-8-6-5-7-18(19)22(2,3)4/h5-14H,15H2,1-4H3,(H2,23,24,25,26). The lowest BCUT2D eigenvalue weighted by Crippen LogP contribution is -2.14. The highest BCUT2D eigenvalue weighted by molar-refractivity contribution is 5.62. The Labute approximate surface area is 155 Å². The fourth-order valence-corrected chi connectivity index (χ4v) is 2.78. The van der Waals surface area contributed by atoms with Crippen molar-refractivity contribution in [2.75, 3.05) is 10.6 Å². The first-order chi connectivity index (χ1) is 12.4. The van der Waals surface area contributed by atoms with Crippen molar-refractivity contribution in [3.05, 3.63) is 77.5 Å². The van der Waals surface area contributed by atoms with Crippen molar-refractivity contribution in [2.45, 2.75) is 39.7 Å². The zero-order valence-electron chi connectivity index (χ0n) is 15.9.